The van der Waals surface area contributed by atoms with E-state index in [0.717, 1.165) is 17.9 Å². The van der Waals surface area contributed by atoms with E-state index in [1.807, 2.05) is 18.2 Å². The minimum absolute atomic E-state index is 0.100. The van der Waals surface area contributed by atoms with Crippen LogP contribution < -0.4 is 10.6 Å². The van der Waals surface area contributed by atoms with Gasteiger partial charge in [0.05, 0.1) is 11.3 Å². The topological polar surface area (TPSA) is 54.0 Å². The Morgan fingerprint density at radius 2 is 1.75 bits per heavy atom. The lowest BCUT2D eigenvalue weighted by atomic mass is 9.87. The van der Waals surface area contributed by atoms with Crippen LogP contribution in [-0.2, 0) is 5.41 Å². The van der Waals surface area contributed by atoms with E-state index < -0.39 is 0 Å². The van der Waals surface area contributed by atoms with Crippen molar-refractivity contribution in [2.24, 2.45) is 5.92 Å². The van der Waals surface area contributed by atoms with E-state index in [1.165, 1.54) is 5.56 Å². The number of hydrogen-bond donors (Lipinski definition) is 2. The van der Waals surface area contributed by atoms with Crippen LogP contribution in [0.3, 0.4) is 0 Å². The van der Waals surface area contributed by atoms with Crippen LogP contribution in [-0.4, -0.2) is 17.4 Å². The summed E-state index contributed by atoms with van der Waals surface area (Å²) in [7, 11) is 0. The molecule has 4 nitrogen and oxygen atoms in total. The number of carbonyl (C=O) groups excluding carboxylic acids is 1. The molecule has 0 aliphatic rings. The average Bonchev–Trinajstić information content (AvgIpc) is 2.53. The second-order valence-corrected chi connectivity index (χ2v) is 7.52. The number of carbonyl (C=O) groups is 1. The normalized spacial score (nSPS) is 11.4. The molecule has 4 heteroatoms. The molecule has 1 amide bonds. The van der Waals surface area contributed by atoms with Crippen molar-refractivity contribution in [2.45, 2.75) is 40.0 Å². The van der Waals surface area contributed by atoms with Crippen molar-refractivity contribution in [2.75, 3.05) is 17.2 Å². The molecule has 2 rings (SSSR count). The van der Waals surface area contributed by atoms with Crippen LogP contribution in [0.25, 0.3) is 0 Å². The highest BCUT2D eigenvalue weighted by Gasteiger charge is 2.13. The summed E-state index contributed by atoms with van der Waals surface area (Å²) in [4.78, 5) is 16.6. The number of anilines is 2. The summed E-state index contributed by atoms with van der Waals surface area (Å²) in [6.45, 7) is 11.6. The highest BCUT2D eigenvalue weighted by molar-refractivity contribution is 6.04. The van der Waals surface area contributed by atoms with Crippen molar-refractivity contribution < 1.29 is 4.79 Å². The number of benzene rings is 1. The van der Waals surface area contributed by atoms with Gasteiger partial charge in [-0.3, -0.25) is 9.78 Å². The van der Waals surface area contributed by atoms with Crippen molar-refractivity contribution >= 4 is 17.3 Å². The minimum atomic E-state index is -0.154. The largest absolute Gasteiger partial charge is 0.384 e. The molecule has 1 aromatic carbocycles. The molecule has 0 radical (unpaired) electrons. The van der Waals surface area contributed by atoms with Gasteiger partial charge in [-0.05, 0) is 35.1 Å². The van der Waals surface area contributed by atoms with Crippen molar-refractivity contribution in [3.63, 3.8) is 0 Å². The molecule has 0 unspecified atom stereocenters. The molecule has 1 aromatic heterocycles. The summed E-state index contributed by atoms with van der Waals surface area (Å²) in [5, 5.41) is 6.21. The Kier molecular flexibility index (Phi) is 5.60. The van der Waals surface area contributed by atoms with Gasteiger partial charge in [0.15, 0.2) is 0 Å². The maximum Gasteiger partial charge on any atom is 0.257 e. The number of nitrogens with zero attached hydrogens (tertiary/aromatic N) is 1. The quantitative estimate of drug-likeness (QED) is 0.838. The number of aromatic nitrogens is 1. The number of hydrogen-bond acceptors (Lipinski definition) is 3. The van der Waals surface area contributed by atoms with Crippen LogP contribution >= 0.6 is 0 Å². The maximum absolute atomic E-state index is 12.4. The van der Waals surface area contributed by atoms with E-state index in [1.54, 1.807) is 12.4 Å². The Labute approximate surface area is 144 Å². The standard InChI is InChI=1S/C20H27N3O/c1-14(2)11-22-18-10-15(12-21-13-18)19(24)23-17-8-6-16(7-9-17)20(3,4)5/h6-10,12-14,22H,11H2,1-5H3,(H,23,24). The number of pyridine rings is 1. The molecule has 2 aromatic rings. The van der Waals surface area contributed by atoms with Crippen LogP contribution in [0.15, 0.2) is 42.7 Å². The fraction of sp³-hybridized carbons (Fsp3) is 0.400. The third-order valence-corrected chi connectivity index (χ3v) is 3.72. The fourth-order valence-corrected chi connectivity index (χ4v) is 2.24. The monoisotopic (exact) mass is 325 g/mol. The van der Waals surface area contributed by atoms with E-state index in [9.17, 15) is 4.79 Å². The van der Waals surface area contributed by atoms with E-state index in [-0.39, 0.29) is 11.3 Å². The lowest BCUT2D eigenvalue weighted by molar-refractivity contribution is 0.102. The summed E-state index contributed by atoms with van der Waals surface area (Å²) in [6.07, 6.45) is 3.32. The first-order valence-corrected chi connectivity index (χ1v) is 8.36. The lowest BCUT2D eigenvalue weighted by Crippen LogP contribution is -2.14. The third kappa shape index (κ3) is 5.08. The molecule has 0 spiro atoms. The first kappa shape index (κ1) is 18.0. The summed E-state index contributed by atoms with van der Waals surface area (Å²) in [5.74, 6) is 0.378. The molecule has 0 atom stereocenters. The maximum atomic E-state index is 12.4. The second-order valence-electron chi connectivity index (χ2n) is 7.52. The van der Waals surface area contributed by atoms with Crippen molar-refractivity contribution in [3.05, 3.63) is 53.9 Å². The van der Waals surface area contributed by atoms with Crippen molar-refractivity contribution in [3.8, 4) is 0 Å². The van der Waals surface area contributed by atoms with Crippen LogP contribution in [0.1, 0.15) is 50.5 Å². The molecular weight excluding hydrogens is 298 g/mol. The molecule has 0 saturated heterocycles. The Morgan fingerprint density at radius 1 is 1.08 bits per heavy atom. The van der Waals surface area contributed by atoms with Gasteiger partial charge in [-0.25, -0.2) is 0 Å². The molecule has 0 bridgehead atoms. The SMILES string of the molecule is CC(C)CNc1cncc(C(=O)Nc2ccc(C(C)(C)C)cc2)c1. The minimum Gasteiger partial charge on any atom is -0.384 e. The Morgan fingerprint density at radius 3 is 2.33 bits per heavy atom. The van der Waals surface area contributed by atoms with E-state index >= 15 is 0 Å². The van der Waals surface area contributed by atoms with Crippen LogP contribution in [0, 0.1) is 5.92 Å². The number of amides is 1. The predicted octanol–water partition coefficient (Wildman–Crippen LogP) is 4.70. The van der Waals surface area contributed by atoms with Crippen LogP contribution in [0.5, 0.6) is 0 Å². The van der Waals surface area contributed by atoms with Gasteiger partial charge in [0.25, 0.3) is 5.91 Å². The molecule has 0 aliphatic carbocycles. The van der Waals surface area contributed by atoms with Gasteiger partial charge in [0, 0.05) is 24.6 Å². The molecule has 0 aliphatic heterocycles. The highest BCUT2D eigenvalue weighted by atomic mass is 16.1. The molecule has 128 valence electrons. The summed E-state index contributed by atoms with van der Waals surface area (Å²) in [5.41, 5.74) is 3.53. The molecule has 0 fully saturated rings. The molecule has 2 N–H and O–H groups in total. The van der Waals surface area contributed by atoms with Gasteiger partial charge in [0.2, 0.25) is 0 Å². The molecule has 1 heterocycles. The van der Waals surface area contributed by atoms with Crippen LogP contribution in [0.4, 0.5) is 11.4 Å². The van der Waals surface area contributed by atoms with E-state index in [2.05, 4.69) is 62.4 Å². The van der Waals surface area contributed by atoms with E-state index in [4.69, 9.17) is 0 Å². The van der Waals surface area contributed by atoms with Crippen LogP contribution in [0.2, 0.25) is 0 Å². The highest BCUT2D eigenvalue weighted by Crippen LogP contribution is 2.23. The molecular formula is C20H27N3O. The fourth-order valence-electron chi connectivity index (χ4n) is 2.24. The lowest BCUT2D eigenvalue weighted by Gasteiger charge is -2.19. The summed E-state index contributed by atoms with van der Waals surface area (Å²) >= 11 is 0. The first-order chi connectivity index (χ1) is 11.3. The Balaban J connectivity index is 2.05. The van der Waals surface area contributed by atoms with Crippen molar-refractivity contribution in [1.29, 1.82) is 0 Å². The Hall–Kier alpha value is -2.36. The average molecular weight is 325 g/mol. The summed E-state index contributed by atoms with van der Waals surface area (Å²) in [6, 6.07) is 9.80. The number of nitrogens with one attached hydrogen (secondary N) is 2. The second kappa shape index (κ2) is 7.47. The van der Waals surface area contributed by atoms with E-state index in [0.29, 0.717) is 11.5 Å². The van der Waals surface area contributed by atoms with Gasteiger partial charge in [0.1, 0.15) is 0 Å². The Bertz CT molecular complexity index is 685. The van der Waals surface area contributed by atoms with Gasteiger partial charge < -0.3 is 10.6 Å². The molecule has 0 saturated carbocycles. The zero-order valence-electron chi connectivity index (χ0n) is 15.2. The number of rotatable bonds is 5. The zero-order valence-corrected chi connectivity index (χ0v) is 15.2. The van der Waals surface area contributed by atoms with Gasteiger partial charge in [-0.15, -0.1) is 0 Å². The summed E-state index contributed by atoms with van der Waals surface area (Å²) < 4.78 is 0. The van der Waals surface area contributed by atoms with Crippen molar-refractivity contribution in [1.82, 2.24) is 4.98 Å². The van der Waals surface area contributed by atoms with Gasteiger partial charge in [-0.1, -0.05) is 46.8 Å². The smallest absolute Gasteiger partial charge is 0.257 e. The third-order valence-electron chi connectivity index (χ3n) is 3.72. The predicted molar refractivity (Wildman–Crippen MR) is 101 cm³/mol. The molecule has 24 heavy (non-hydrogen) atoms. The first-order valence-electron chi connectivity index (χ1n) is 8.36. The van der Waals surface area contributed by atoms with Gasteiger partial charge >= 0.3 is 0 Å². The zero-order chi connectivity index (χ0) is 17.7. The van der Waals surface area contributed by atoms with Gasteiger partial charge in [-0.2, -0.15) is 0 Å².